The maximum absolute atomic E-state index is 13.2. The second-order valence-corrected chi connectivity index (χ2v) is 23.5. The molecule has 0 radical (unpaired) electrons. The van der Waals surface area contributed by atoms with Crippen molar-refractivity contribution in [2.45, 2.75) is 31.4 Å². The summed E-state index contributed by atoms with van der Waals surface area (Å²) in [4.78, 5) is -5.04. The first-order chi connectivity index (χ1) is 32.7. The van der Waals surface area contributed by atoms with E-state index >= 15 is 0 Å². The molecule has 34 heteroatoms. The van der Waals surface area contributed by atoms with Crippen molar-refractivity contribution in [2.24, 2.45) is 30.7 Å². The summed E-state index contributed by atoms with van der Waals surface area (Å²) >= 11 is 0. The molecule has 0 saturated heterocycles. The number of phenolic OH excluding ortho intramolecular Hbond substituents is 1. The number of anilines is 4. The number of sulfonamides is 1. The third-order valence-electron chi connectivity index (χ3n) is 9.51. The molecule has 0 bridgehead atoms. The zero-order chi connectivity index (χ0) is 52.6. The lowest BCUT2D eigenvalue weighted by molar-refractivity contribution is 0.284. The molecular formula is C37H34N10O18S6. The molecule has 0 atom stereocenters. The molecule has 0 fully saturated rings. The van der Waals surface area contributed by atoms with E-state index < -0.39 is 132 Å². The number of benzene rings is 6. The molecule has 0 spiro atoms. The van der Waals surface area contributed by atoms with Crippen molar-refractivity contribution < 1.29 is 78.0 Å². The van der Waals surface area contributed by atoms with Crippen molar-refractivity contribution in [3.8, 4) is 5.75 Å². The van der Waals surface area contributed by atoms with Gasteiger partial charge in [0.15, 0.2) is 15.6 Å². The average molecular weight is 1100 g/mol. The van der Waals surface area contributed by atoms with Crippen LogP contribution in [0.1, 0.15) is 5.56 Å². The minimum atomic E-state index is -5.57. The van der Waals surface area contributed by atoms with Crippen LogP contribution in [0, 0.1) is 6.92 Å². The van der Waals surface area contributed by atoms with Gasteiger partial charge in [-0.3, -0.25) is 22.9 Å². The fourth-order valence-electron chi connectivity index (χ4n) is 6.09. The van der Waals surface area contributed by atoms with Crippen LogP contribution in [-0.4, -0.2) is 86.2 Å². The van der Waals surface area contributed by atoms with Crippen LogP contribution in [-0.2, 0) is 64.8 Å². The topological polar surface area (TPSA) is 479 Å². The molecule has 0 aromatic heterocycles. The minimum Gasteiger partial charge on any atom is -0.505 e. The van der Waals surface area contributed by atoms with E-state index in [9.17, 15) is 69.3 Å². The first-order valence-electron chi connectivity index (χ1n) is 18.9. The Labute approximate surface area is 402 Å². The average Bonchev–Trinajstić information content (AvgIpc) is 3.25. The van der Waals surface area contributed by atoms with Gasteiger partial charge in [-0.25, -0.2) is 21.0 Å². The van der Waals surface area contributed by atoms with E-state index in [-0.39, 0.29) is 16.3 Å². The molecule has 0 heterocycles. The van der Waals surface area contributed by atoms with Gasteiger partial charge >= 0.3 is 10.4 Å². The number of phenols is 1. The Morgan fingerprint density at radius 3 is 1.65 bits per heavy atom. The highest BCUT2D eigenvalue weighted by Gasteiger charge is 2.29. The van der Waals surface area contributed by atoms with E-state index in [0.29, 0.717) is 53.1 Å². The summed E-state index contributed by atoms with van der Waals surface area (Å²) in [5.74, 6) is -2.55. The van der Waals surface area contributed by atoms with Gasteiger partial charge in [-0.1, -0.05) is 0 Å². The molecule has 12 N–H and O–H groups in total. The maximum atomic E-state index is 13.2. The van der Waals surface area contributed by atoms with Gasteiger partial charge in [0.25, 0.3) is 40.4 Å². The number of nitrogens with two attached hydrogens (primary N) is 3. The summed E-state index contributed by atoms with van der Waals surface area (Å²) in [7, 11) is -30.3. The Balaban J connectivity index is 1.32. The third-order valence-corrected chi connectivity index (χ3v) is 15.7. The van der Waals surface area contributed by atoms with Gasteiger partial charge < -0.3 is 22.3 Å². The first-order valence-corrected chi connectivity index (χ1v) is 27.7. The molecule has 0 unspecified atom stereocenters. The number of fused-ring (bicyclic) bond motifs is 1. The van der Waals surface area contributed by atoms with Gasteiger partial charge in [-0.2, -0.15) is 43.9 Å². The van der Waals surface area contributed by atoms with Crippen molar-refractivity contribution in [2.75, 3.05) is 34.3 Å². The maximum Gasteiger partial charge on any atom is 0.397 e. The largest absolute Gasteiger partial charge is 0.505 e. The molecule has 0 aliphatic rings. The Hall–Kier alpha value is -7.12. The summed E-state index contributed by atoms with van der Waals surface area (Å²) in [6.07, 6.45) is 0. The fourth-order valence-corrected chi connectivity index (χ4v) is 10.7. The SMILES string of the molecule is Cc1cc(N=Nc2ccc(NS(=O)(=O)c3ccc(N=Nc4cc(S(=O)(=O)O)c5cc(S(=O)(=O)O)c(N=Nc6ccc(S(=O)(=O)CCOS(=O)(=O)O)cc6S(=O)(=O)O)c(O)c5c4N)cc3)cc2)c(N)cc1N. The van der Waals surface area contributed by atoms with Gasteiger partial charge in [0.05, 0.1) is 50.3 Å². The van der Waals surface area contributed by atoms with Crippen molar-refractivity contribution in [3.63, 3.8) is 0 Å². The normalized spacial score (nSPS) is 13.2. The van der Waals surface area contributed by atoms with E-state index in [1.165, 1.54) is 36.4 Å². The predicted molar refractivity (Wildman–Crippen MR) is 252 cm³/mol. The number of hydrogen-bond acceptors (Lipinski definition) is 23. The second kappa shape index (κ2) is 19.6. The number of sulfone groups is 1. The molecule has 376 valence electrons. The Kier molecular flexibility index (Phi) is 14.7. The number of nitrogens with zero attached hydrogens (tertiary/aromatic N) is 6. The van der Waals surface area contributed by atoms with E-state index in [1.807, 2.05) is 0 Å². The lowest BCUT2D eigenvalue weighted by Gasteiger charge is -2.14. The molecule has 0 aliphatic carbocycles. The van der Waals surface area contributed by atoms with Crippen LogP contribution in [0.15, 0.2) is 146 Å². The lowest BCUT2D eigenvalue weighted by atomic mass is 10.0. The highest BCUT2D eigenvalue weighted by atomic mass is 32.3. The van der Waals surface area contributed by atoms with Crippen LogP contribution in [0.3, 0.4) is 0 Å². The predicted octanol–water partition coefficient (Wildman–Crippen LogP) is 5.98. The zero-order valence-electron chi connectivity index (χ0n) is 35.5. The molecule has 6 aromatic rings. The number of azo groups is 3. The van der Waals surface area contributed by atoms with E-state index in [1.54, 1.807) is 19.1 Å². The number of hydrogen-bond donors (Lipinski definition) is 9. The lowest BCUT2D eigenvalue weighted by Crippen LogP contribution is -2.16. The molecule has 0 amide bonds. The van der Waals surface area contributed by atoms with E-state index in [2.05, 4.69) is 39.6 Å². The van der Waals surface area contributed by atoms with Crippen LogP contribution in [0.4, 0.5) is 56.9 Å². The van der Waals surface area contributed by atoms with Crippen LogP contribution in [0.25, 0.3) is 10.8 Å². The van der Waals surface area contributed by atoms with Gasteiger partial charge in [-0.15, -0.1) is 20.5 Å². The number of nitrogen functional groups attached to an aromatic ring is 3. The van der Waals surface area contributed by atoms with Crippen molar-refractivity contribution in [1.29, 1.82) is 0 Å². The smallest absolute Gasteiger partial charge is 0.397 e. The highest BCUT2D eigenvalue weighted by Crippen LogP contribution is 2.48. The second-order valence-electron chi connectivity index (χ2n) is 14.4. The fraction of sp³-hybridized carbons (Fsp3) is 0.0811. The standard InChI is InChI=1S/C37H34N10O18S6/c1-19-14-29(27(39)17-26(19)38)44-41-20-2-4-22(5-3-20)47-67(51,52)23-8-6-21(7-9-23)42-45-30-18-31(68(53,54)55)25-16-33(70(59,60)61)36(37(48)34(25)35(30)40)46-43-28-11-10-24(15-32(28)69(56,57)58)66(49,50)13-12-65-71(62,63)64/h2-11,14-18,47-48H,12-13,38-40H2,1H3,(H,53,54,55)(H,56,57,58)(H,59,60,61)(H,62,63,64). The van der Waals surface area contributed by atoms with Crippen LogP contribution >= 0.6 is 0 Å². The first kappa shape index (κ1) is 53.2. The van der Waals surface area contributed by atoms with Gasteiger partial charge in [0.2, 0.25) is 0 Å². The summed E-state index contributed by atoms with van der Waals surface area (Å²) in [6, 6.07) is 16.2. The summed E-state index contributed by atoms with van der Waals surface area (Å²) in [5, 5.41) is 32.7. The molecule has 0 saturated carbocycles. The van der Waals surface area contributed by atoms with Crippen molar-refractivity contribution in [3.05, 3.63) is 96.6 Å². The number of rotatable bonds is 17. The van der Waals surface area contributed by atoms with Crippen molar-refractivity contribution >= 4 is 128 Å². The third kappa shape index (κ3) is 12.6. The number of aromatic hydroxyl groups is 1. The van der Waals surface area contributed by atoms with E-state index in [4.69, 9.17) is 21.8 Å². The Bertz CT molecular complexity index is 3950. The van der Waals surface area contributed by atoms with E-state index in [0.717, 1.165) is 17.7 Å². The number of aryl methyl sites for hydroxylation is 1. The Morgan fingerprint density at radius 1 is 0.549 bits per heavy atom. The molecule has 0 aliphatic heterocycles. The molecule has 6 rings (SSSR count). The summed E-state index contributed by atoms with van der Waals surface area (Å²) < 4.78 is 194. The van der Waals surface area contributed by atoms with Crippen LogP contribution < -0.4 is 21.9 Å². The Morgan fingerprint density at radius 2 is 1.08 bits per heavy atom. The number of nitrogens with one attached hydrogen (secondary N) is 1. The van der Waals surface area contributed by atoms with Crippen molar-refractivity contribution in [1.82, 2.24) is 0 Å². The van der Waals surface area contributed by atoms with Gasteiger partial charge in [-0.05, 0) is 103 Å². The molecule has 71 heavy (non-hydrogen) atoms. The van der Waals surface area contributed by atoms with Gasteiger partial charge in [0.1, 0.15) is 37.4 Å². The molecular weight excluding hydrogens is 1060 g/mol. The quantitative estimate of drug-likeness (QED) is 0.0288. The molecule has 28 nitrogen and oxygen atoms in total. The van der Waals surface area contributed by atoms with Gasteiger partial charge in [0, 0.05) is 16.8 Å². The molecule has 6 aromatic carbocycles. The minimum absolute atomic E-state index is 0.0798. The summed E-state index contributed by atoms with van der Waals surface area (Å²) in [5.41, 5.74) is 16.8. The highest BCUT2D eigenvalue weighted by molar-refractivity contribution is 7.92. The monoisotopic (exact) mass is 1100 g/mol. The summed E-state index contributed by atoms with van der Waals surface area (Å²) in [6.45, 7) is 0.637. The van der Waals surface area contributed by atoms with Crippen LogP contribution in [0.5, 0.6) is 5.75 Å². The van der Waals surface area contributed by atoms with Crippen LogP contribution in [0.2, 0.25) is 0 Å². The zero-order valence-corrected chi connectivity index (χ0v) is 40.4.